The van der Waals surface area contributed by atoms with Gasteiger partial charge in [-0.25, -0.2) is 4.98 Å². The number of Topliss-reactive ketones (excluding diaryl/α,β-unsaturated/α-hetero) is 1. The van der Waals surface area contributed by atoms with Gasteiger partial charge in [0.05, 0.1) is 6.20 Å². The van der Waals surface area contributed by atoms with E-state index in [-0.39, 0.29) is 17.9 Å². The number of nitrogens with zero attached hydrogens (tertiary/aromatic N) is 2. The normalized spacial score (nSPS) is 11.8. The molecule has 1 heterocycles. The molecule has 0 aromatic carbocycles. The van der Waals surface area contributed by atoms with Crippen LogP contribution >= 0.6 is 0 Å². The molecule has 0 fully saturated rings. The van der Waals surface area contributed by atoms with Gasteiger partial charge in [-0.05, 0) is 0 Å². The molecule has 0 aliphatic rings. The largest absolute Gasteiger partial charge is 0.449 e. The zero-order chi connectivity index (χ0) is 10.9. The second kappa shape index (κ2) is 3.43. The third-order valence-electron chi connectivity index (χ3n) is 1.85. The maximum atomic E-state index is 12.2. The highest BCUT2D eigenvalue weighted by Crippen LogP contribution is 2.28. The van der Waals surface area contributed by atoms with Crippen molar-refractivity contribution in [3.05, 3.63) is 17.7 Å². The zero-order valence-electron chi connectivity index (χ0n) is 7.72. The van der Waals surface area contributed by atoms with E-state index >= 15 is 0 Å². The van der Waals surface area contributed by atoms with Crippen molar-refractivity contribution in [1.29, 1.82) is 0 Å². The number of hydrogen-bond donors (Lipinski definition) is 0. The molecule has 0 spiro atoms. The van der Waals surface area contributed by atoms with Crippen molar-refractivity contribution < 1.29 is 18.0 Å². The summed E-state index contributed by atoms with van der Waals surface area (Å²) in [6.45, 7) is 1.59. The molecule has 0 N–H and O–H groups in total. The molecule has 0 unspecified atom stereocenters. The fourth-order valence-corrected chi connectivity index (χ4v) is 1.11. The maximum Gasteiger partial charge on any atom is 0.449 e. The second-order valence-electron chi connectivity index (χ2n) is 2.80. The lowest BCUT2D eigenvalue weighted by Gasteiger charge is -2.06. The molecule has 0 aliphatic heterocycles. The van der Waals surface area contributed by atoms with Gasteiger partial charge in [0, 0.05) is 13.5 Å². The summed E-state index contributed by atoms with van der Waals surface area (Å²) in [7, 11) is 1.18. The van der Waals surface area contributed by atoms with Crippen molar-refractivity contribution in [3.63, 3.8) is 0 Å². The number of ketones is 1. The predicted octanol–water partition coefficient (Wildman–Crippen LogP) is 2.03. The van der Waals surface area contributed by atoms with E-state index in [0.29, 0.717) is 0 Å². The van der Waals surface area contributed by atoms with E-state index in [1.54, 1.807) is 6.92 Å². The lowest BCUT2D eigenvalue weighted by molar-refractivity contribution is -0.146. The van der Waals surface area contributed by atoms with Crippen LogP contribution in [0.15, 0.2) is 6.20 Å². The van der Waals surface area contributed by atoms with Crippen molar-refractivity contribution in [2.75, 3.05) is 0 Å². The predicted molar refractivity (Wildman–Crippen MR) is 42.8 cm³/mol. The molecular formula is C8H9F3N2O. The van der Waals surface area contributed by atoms with Crippen molar-refractivity contribution in [1.82, 2.24) is 9.55 Å². The number of imidazole rings is 1. The number of carbonyl (C=O) groups excluding carboxylic acids is 1. The summed E-state index contributed by atoms with van der Waals surface area (Å²) < 4.78 is 37.5. The molecule has 0 aliphatic carbocycles. The van der Waals surface area contributed by atoms with Gasteiger partial charge in [0.15, 0.2) is 5.78 Å². The first kappa shape index (κ1) is 10.7. The monoisotopic (exact) mass is 206 g/mol. The molecule has 0 saturated heterocycles. The van der Waals surface area contributed by atoms with Gasteiger partial charge in [0.25, 0.3) is 0 Å². The Hall–Kier alpha value is -1.33. The van der Waals surface area contributed by atoms with Crippen molar-refractivity contribution in [2.24, 2.45) is 7.05 Å². The van der Waals surface area contributed by atoms with Gasteiger partial charge in [0.1, 0.15) is 5.69 Å². The van der Waals surface area contributed by atoms with E-state index in [2.05, 4.69) is 4.98 Å². The van der Waals surface area contributed by atoms with Gasteiger partial charge < -0.3 is 4.57 Å². The molecule has 14 heavy (non-hydrogen) atoms. The van der Waals surface area contributed by atoms with Gasteiger partial charge in [0.2, 0.25) is 5.82 Å². The standard InChI is InChI=1S/C8H9F3N2O/c1-3-6(14)5-4-12-7(13(5)2)8(9,10)11/h4H,3H2,1-2H3. The molecule has 78 valence electrons. The van der Waals surface area contributed by atoms with E-state index in [1.165, 1.54) is 7.05 Å². The Bertz CT molecular complexity index is 354. The zero-order valence-corrected chi connectivity index (χ0v) is 7.72. The van der Waals surface area contributed by atoms with Crippen molar-refractivity contribution >= 4 is 5.78 Å². The van der Waals surface area contributed by atoms with Crippen LogP contribution < -0.4 is 0 Å². The summed E-state index contributed by atoms with van der Waals surface area (Å²) in [5.41, 5.74) is -0.0141. The molecule has 1 rings (SSSR count). The first-order chi connectivity index (χ1) is 6.38. The van der Waals surface area contributed by atoms with Crippen LogP contribution in [0, 0.1) is 0 Å². The Balaban J connectivity index is 3.15. The summed E-state index contributed by atoms with van der Waals surface area (Å²) in [6, 6.07) is 0. The highest BCUT2D eigenvalue weighted by atomic mass is 19.4. The van der Waals surface area contributed by atoms with E-state index < -0.39 is 12.0 Å². The third-order valence-corrected chi connectivity index (χ3v) is 1.85. The molecule has 0 saturated carbocycles. The fourth-order valence-electron chi connectivity index (χ4n) is 1.11. The molecule has 1 aromatic rings. The Morgan fingerprint density at radius 2 is 2.14 bits per heavy atom. The Labute approximate surface area is 78.6 Å². The average Bonchev–Trinajstić information content (AvgIpc) is 2.45. The molecular weight excluding hydrogens is 197 g/mol. The molecule has 6 heteroatoms. The highest BCUT2D eigenvalue weighted by Gasteiger charge is 2.36. The minimum atomic E-state index is -4.51. The molecule has 0 atom stereocenters. The van der Waals surface area contributed by atoms with E-state index in [9.17, 15) is 18.0 Å². The van der Waals surface area contributed by atoms with Crippen LogP contribution in [0.2, 0.25) is 0 Å². The molecule has 0 radical (unpaired) electrons. The summed E-state index contributed by atoms with van der Waals surface area (Å²) in [6.07, 6.45) is -3.40. The van der Waals surface area contributed by atoms with Crippen molar-refractivity contribution in [2.45, 2.75) is 19.5 Å². The molecule has 3 nitrogen and oxygen atoms in total. The Morgan fingerprint density at radius 1 is 1.57 bits per heavy atom. The van der Waals surface area contributed by atoms with Crippen LogP contribution in [-0.4, -0.2) is 15.3 Å². The van der Waals surface area contributed by atoms with Crippen LogP contribution in [0.25, 0.3) is 0 Å². The number of halogens is 3. The van der Waals surface area contributed by atoms with Crippen LogP contribution in [0.4, 0.5) is 13.2 Å². The molecule has 0 bridgehead atoms. The van der Waals surface area contributed by atoms with E-state index in [4.69, 9.17) is 0 Å². The van der Waals surface area contributed by atoms with Crippen LogP contribution in [-0.2, 0) is 13.2 Å². The number of carbonyl (C=O) groups is 1. The van der Waals surface area contributed by atoms with E-state index in [0.717, 1.165) is 10.8 Å². The summed E-state index contributed by atoms with van der Waals surface area (Å²) >= 11 is 0. The van der Waals surface area contributed by atoms with Gasteiger partial charge >= 0.3 is 6.18 Å². The number of hydrogen-bond acceptors (Lipinski definition) is 2. The second-order valence-corrected chi connectivity index (χ2v) is 2.80. The van der Waals surface area contributed by atoms with E-state index in [1.807, 2.05) is 0 Å². The quantitative estimate of drug-likeness (QED) is 0.694. The van der Waals surface area contributed by atoms with Gasteiger partial charge in [-0.2, -0.15) is 13.2 Å². The van der Waals surface area contributed by atoms with Crippen molar-refractivity contribution in [3.8, 4) is 0 Å². The van der Waals surface area contributed by atoms with Crippen LogP contribution in [0.1, 0.15) is 29.7 Å². The fraction of sp³-hybridized carbons (Fsp3) is 0.500. The van der Waals surface area contributed by atoms with Gasteiger partial charge in [-0.15, -0.1) is 0 Å². The average molecular weight is 206 g/mol. The first-order valence-electron chi connectivity index (χ1n) is 4.00. The first-order valence-corrected chi connectivity index (χ1v) is 4.00. The molecule has 0 amide bonds. The smallest absolute Gasteiger partial charge is 0.321 e. The Morgan fingerprint density at radius 3 is 2.50 bits per heavy atom. The van der Waals surface area contributed by atoms with Gasteiger partial charge in [-0.1, -0.05) is 6.92 Å². The lowest BCUT2D eigenvalue weighted by Crippen LogP contribution is -2.15. The van der Waals surface area contributed by atoms with Gasteiger partial charge in [-0.3, -0.25) is 4.79 Å². The maximum absolute atomic E-state index is 12.2. The highest BCUT2D eigenvalue weighted by molar-refractivity contribution is 5.94. The SMILES string of the molecule is CCC(=O)c1cnc(C(F)(F)F)n1C. The number of alkyl halides is 3. The summed E-state index contributed by atoms with van der Waals surface area (Å²) in [4.78, 5) is 14.3. The summed E-state index contributed by atoms with van der Waals surface area (Å²) in [5.74, 6) is -1.40. The minimum Gasteiger partial charge on any atom is -0.321 e. The number of rotatable bonds is 2. The number of aromatic nitrogens is 2. The third kappa shape index (κ3) is 1.78. The molecule has 1 aromatic heterocycles. The topological polar surface area (TPSA) is 34.9 Å². The van der Waals surface area contributed by atoms with Crippen LogP contribution in [0.5, 0.6) is 0 Å². The minimum absolute atomic E-state index is 0.0141. The summed E-state index contributed by atoms with van der Waals surface area (Å²) in [5, 5.41) is 0. The Kier molecular flexibility index (Phi) is 2.64. The van der Waals surface area contributed by atoms with Crippen LogP contribution in [0.3, 0.4) is 0 Å². The lowest BCUT2D eigenvalue weighted by atomic mass is 10.2.